The van der Waals surface area contributed by atoms with Crippen LogP contribution in [0.1, 0.15) is 22.8 Å². The normalized spacial score (nSPS) is 11.5. The van der Waals surface area contributed by atoms with E-state index in [1.165, 1.54) is 18.3 Å². The molecule has 0 spiro atoms. The minimum atomic E-state index is -1.07. The molecule has 0 bridgehead atoms. The van der Waals surface area contributed by atoms with Crippen molar-refractivity contribution < 1.29 is 19.1 Å². The molecular weight excluding hydrogens is 473 g/mol. The number of ether oxygens (including phenoxy) is 1. The van der Waals surface area contributed by atoms with Gasteiger partial charge in [0.1, 0.15) is 6.54 Å². The lowest BCUT2D eigenvalue weighted by atomic mass is 10.1. The van der Waals surface area contributed by atoms with Crippen LogP contribution < -0.4 is 10.6 Å². The fourth-order valence-corrected chi connectivity index (χ4v) is 3.60. The summed E-state index contributed by atoms with van der Waals surface area (Å²) < 4.78 is 5.09. The number of thiazole rings is 1. The number of carbonyl (C=O) groups excluding carboxylic acids is 3. The second-order valence-electron chi connectivity index (χ2n) is 6.84. The van der Waals surface area contributed by atoms with E-state index in [9.17, 15) is 14.4 Å². The molecule has 2 amide bonds. The highest BCUT2D eigenvalue weighted by atomic mass is 35.5. The number of halogens is 2. The molecule has 0 aliphatic rings. The van der Waals surface area contributed by atoms with Crippen LogP contribution in [0.5, 0.6) is 0 Å². The maximum atomic E-state index is 12.3. The summed E-state index contributed by atoms with van der Waals surface area (Å²) in [6, 6.07) is 12.0. The van der Waals surface area contributed by atoms with Crippen LogP contribution in [-0.4, -0.2) is 35.4 Å². The summed E-state index contributed by atoms with van der Waals surface area (Å²) in [7, 11) is 0. The molecule has 0 radical (unpaired) electrons. The summed E-state index contributed by atoms with van der Waals surface area (Å²) in [5.41, 5.74) is 2.81. The quantitative estimate of drug-likeness (QED) is 0.465. The van der Waals surface area contributed by atoms with Gasteiger partial charge in [0, 0.05) is 16.5 Å². The van der Waals surface area contributed by atoms with Gasteiger partial charge in [0.05, 0.1) is 15.7 Å². The monoisotopic (exact) mass is 491 g/mol. The molecule has 2 N–H and O–H groups in total. The lowest BCUT2D eigenvalue weighted by molar-refractivity contribution is -0.152. The molecule has 1 atom stereocenters. The number of nitrogens with one attached hydrogen (secondary N) is 2. The van der Waals surface area contributed by atoms with E-state index < -0.39 is 23.9 Å². The average Bonchev–Trinajstić information content (AvgIpc) is 3.22. The minimum absolute atomic E-state index is 0.339. The lowest BCUT2D eigenvalue weighted by Crippen LogP contribution is -2.35. The van der Waals surface area contributed by atoms with Gasteiger partial charge in [-0.25, -0.2) is 4.98 Å². The summed E-state index contributed by atoms with van der Waals surface area (Å²) in [5, 5.41) is 8.00. The molecule has 32 heavy (non-hydrogen) atoms. The first-order chi connectivity index (χ1) is 15.2. The van der Waals surface area contributed by atoms with Crippen molar-refractivity contribution >= 4 is 57.5 Å². The number of amides is 2. The van der Waals surface area contributed by atoms with Crippen molar-refractivity contribution in [3.63, 3.8) is 0 Å². The molecule has 10 heteroatoms. The summed E-state index contributed by atoms with van der Waals surface area (Å²) in [6.45, 7) is 2.98. The minimum Gasteiger partial charge on any atom is -0.451 e. The first-order valence-corrected chi connectivity index (χ1v) is 11.1. The van der Waals surface area contributed by atoms with Crippen molar-refractivity contribution in [1.29, 1.82) is 0 Å². The van der Waals surface area contributed by atoms with Gasteiger partial charge in [0.15, 0.2) is 11.2 Å². The van der Waals surface area contributed by atoms with Crippen LogP contribution in [0.2, 0.25) is 10.0 Å². The Balaban J connectivity index is 1.49. The number of hydrogen-bond donors (Lipinski definition) is 2. The highest BCUT2D eigenvalue weighted by Crippen LogP contribution is 2.30. The van der Waals surface area contributed by atoms with E-state index in [1.807, 2.05) is 6.92 Å². The third-order valence-corrected chi connectivity index (χ3v) is 5.83. The second-order valence-corrected chi connectivity index (χ2v) is 8.51. The molecule has 3 aromatic rings. The third-order valence-electron chi connectivity index (χ3n) is 4.33. The summed E-state index contributed by atoms with van der Waals surface area (Å²) in [4.78, 5) is 40.7. The Morgan fingerprint density at radius 2 is 1.81 bits per heavy atom. The zero-order valence-corrected chi connectivity index (χ0v) is 19.5. The van der Waals surface area contributed by atoms with E-state index in [4.69, 9.17) is 27.9 Å². The van der Waals surface area contributed by atoms with Gasteiger partial charge in [0.25, 0.3) is 11.8 Å². The number of benzene rings is 2. The Morgan fingerprint density at radius 3 is 2.50 bits per heavy atom. The first-order valence-electron chi connectivity index (χ1n) is 9.49. The van der Waals surface area contributed by atoms with Gasteiger partial charge in [-0.1, -0.05) is 47.0 Å². The zero-order valence-electron chi connectivity index (χ0n) is 17.1. The van der Waals surface area contributed by atoms with Crippen LogP contribution in [0.3, 0.4) is 0 Å². The molecule has 166 valence electrons. The standard InChI is InChI=1S/C22H19Cl2N3O4S/c1-12-3-5-14(6-4-12)21(30)25-10-19(28)31-13(2)20(29)27-22-26-18(11-32-22)15-7-8-16(23)17(24)9-15/h3-9,11,13H,10H2,1-2H3,(H,25,30)(H,26,27,29). The van der Waals surface area contributed by atoms with Crippen LogP contribution in [0.25, 0.3) is 11.3 Å². The molecule has 0 saturated carbocycles. The van der Waals surface area contributed by atoms with Crippen molar-refractivity contribution in [1.82, 2.24) is 10.3 Å². The van der Waals surface area contributed by atoms with Crippen molar-refractivity contribution in [2.45, 2.75) is 20.0 Å². The fraction of sp³-hybridized carbons (Fsp3) is 0.182. The largest absolute Gasteiger partial charge is 0.451 e. The number of nitrogens with zero attached hydrogens (tertiary/aromatic N) is 1. The maximum absolute atomic E-state index is 12.3. The number of aryl methyl sites for hydroxylation is 1. The van der Waals surface area contributed by atoms with Crippen LogP contribution in [0.15, 0.2) is 47.8 Å². The van der Waals surface area contributed by atoms with Gasteiger partial charge in [0.2, 0.25) is 0 Å². The first kappa shape index (κ1) is 23.7. The molecule has 1 aromatic heterocycles. The molecule has 0 fully saturated rings. The van der Waals surface area contributed by atoms with Crippen molar-refractivity contribution in [2.75, 3.05) is 11.9 Å². The van der Waals surface area contributed by atoms with Crippen LogP contribution in [0.4, 0.5) is 5.13 Å². The van der Waals surface area contributed by atoms with Gasteiger partial charge >= 0.3 is 5.97 Å². The van der Waals surface area contributed by atoms with Crippen molar-refractivity contribution in [3.05, 3.63) is 69.0 Å². The molecular formula is C22H19Cl2N3O4S. The Kier molecular flexibility index (Phi) is 7.84. The summed E-state index contributed by atoms with van der Waals surface area (Å²) >= 11 is 13.2. The lowest BCUT2D eigenvalue weighted by Gasteiger charge is -2.12. The molecule has 1 unspecified atom stereocenters. The highest BCUT2D eigenvalue weighted by Gasteiger charge is 2.20. The zero-order chi connectivity index (χ0) is 23.3. The van der Waals surface area contributed by atoms with Crippen LogP contribution >= 0.6 is 34.5 Å². The molecule has 3 rings (SSSR count). The molecule has 0 aliphatic carbocycles. The third kappa shape index (κ3) is 6.29. The Morgan fingerprint density at radius 1 is 1.09 bits per heavy atom. The predicted octanol–water partition coefficient (Wildman–Crippen LogP) is 4.73. The van der Waals surface area contributed by atoms with E-state index >= 15 is 0 Å². The molecule has 1 heterocycles. The average molecular weight is 492 g/mol. The van der Waals surface area contributed by atoms with Crippen LogP contribution in [0, 0.1) is 6.92 Å². The molecule has 0 aliphatic heterocycles. The SMILES string of the molecule is Cc1ccc(C(=O)NCC(=O)OC(C)C(=O)Nc2nc(-c3ccc(Cl)c(Cl)c3)cs2)cc1. The summed E-state index contributed by atoms with van der Waals surface area (Å²) in [6.07, 6.45) is -1.07. The number of hydrogen-bond acceptors (Lipinski definition) is 6. The van der Waals surface area contributed by atoms with E-state index in [1.54, 1.807) is 47.8 Å². The fourth-order valence-electron chi connectivity index (χ4n) is 2.58. The van der Waals surface area contributed by atoms with Crippen molar-refractivity contribution in [2.24, 2.45) is 0 Å². The maximum Gasteiger partial charge on any atom is 0.326 e. The molecule has 0 saturated heterocycles. The number of esters is 1. The Labute approximate surface area is 198 Å². The van der Waals surface area contributed by atoms with E-state index in [-0.39, 0.29) is 6.54 Å². The summed E-state index contributed by atoms with van der Waals surface area (Å²) in [5.74, 6) is -1.68. The number of anilines is 1. The van der Waals surface area contributed by atoms with Gasteiger partial charge in [-0.05, 0) is 38.1 Å². The highest BCUT2D eigenvalue weighted by molar-refractivity contribution is 7.14. The molecule has 2 aromatic carbocycles. The predicted molar refractivity (Wildman–Crippen MR) is 125 cm³/mol. The number of rotatable bonds is 7. The number of aromatic nitrogens is 1. The van der Waals surface area contributed by atoms with E-state index in [2.05, 4.69) is 15.6 Å². The van der Waals surface area contributed by atoms with Gasteiger partial charge in [-0.15, -0.1) is 11.3 Å². The van der Waals surface area contributed by atoms with E-state index in [0.717, 1.165) is 11.1 Å². The Hall–Kier alpha value is -2.94. The van der Waals surface area contributed by atoms with Crippen LogP contribution in [-0.2, 0) is 14.3 Å². The van der Waals surface area contributed by atoms with E-state index in [0.29, 0.717) is 26.4 Å². The molecule has 7 nitrogen and oxygen atoms in total. The Bertz CT molecular complexity index is 1150. The smallest absolute Gasteiger partial charge is 0.326 e. The van der Waals surface area contributed by atoms with Crippen molar-refractivity contribution in [3.8, 4) is 11.3 Å². The topological polar surface area (TPSA) is 97.4 Å². The number of carbonyl (C=O) groups is 3. The van der Waals surface area contributed by atoms with Gasteiger partial charge < -0.3 is 10.1 Å². The second kappa shape index (κ2) is 10.6. The van der Waals surface area contributed by atoms with Gasteiger partial charge in [-0.3, -0.25) is 19.7 Å². The van der Waals surface area contributed by atoms with Gasteiger partial charge in [-0.2, -0.15) is 0 Å².